The fraction of sp³-hybridized carbons (Fsp3) is 0.500. The minimum atomic E-state index is -0.261. The van der Waals surface area contributed by atoms with Crippen molar-refractivity contribution in [1.82, 2.24) is 0 Å². The standard InChI is InChI=1S/C12H15FO2/c1-9-4-2-6-11(12(9)13)15-10-5-3-7-14-8-10/h2,4,6,10H,3,5,7-8H2,1H3. The summed E-state index contributed by atoms with van der Waals surface area (Å²) in [6.07, 6.45) is 1.92. The molecule has 0 amide bonds. The highest BCUT2D eigenvalue weighted by molar-refractivity contribution is 5.30. The van der Waals surface area contributed by atoms with Crippen molar-refractivity contribution in [2.75, 3.05) is 13.2 Å². The summed E-state index contributed by atoms with van der Waals surface area (Å²) in [4.78, 5) is 0. The van der Waals surface area contributed by atoms with Crippen molar-refractivity contribution in [2.45, 2.75) is 25.9 Å². The Morgan fingerprint density at radius 3 is 3.07 bits per heavy atom. The van der Waals surface area contributed by atoms with Gasteiger partial charge in [0.15, 0.2) is 11.6 Å². The molecule has 3 heteroatoms. The molecule has 82 valence electrons. The Morgan fingerprint density at radius 1 is 1.47 bits per heavy atom. The van der Waals surface area contributed by atoms with Gasteiger partial charge in [0, 0.05) is 6.61 Å². The van der Waals surface area contributed by atoms with Gasteiger partial charge in [0.2, 0.25) is 0 Å². The first-order chi connectivity index (χ1) is 7.27. The molecule has 1 atom stereocenters. The highest BCUT2D eigenvalue weighted by Gasteiger charge is 2.17. The predicted molar refractivity (Wildman–Crippen MR) is 55.6 cm³/mol. The summed E-state index contributed by atoms with van der Waals surface area (Å²) in [6.45, 7) is 3.09. The molecule has 1 aromatic carbocycles. The lowest BCUT2D eigenvalue weighted by Gasteiger charge is -2.23. The van der Waals surface area contributed by atoms with E-state index in [1.165, 1.54) is 0 Å². The molecule has 15 heavy (non-hydrogen) atoms. The number of rotatable bonds is 2. The van der Waals surface area contributed by atoms with Gasteiger partial charge >= 0.3 is 0 Å². The summed E-state index contributed by atoms with van der Waals surface area (Å²) < 4.78 is 24.4. The molecule has 1 saturated heterocycles. The quantitative estimate of drug-likeness (QED) is 0.747. The fourth-order valence-corrected chi connectivity index (χ4v) is 1.70. The van der Waals surface area contributed by atoms with Crippen LogP contribution in [0.2, 0.25) is 0 Å². The van der Waals surface area contributed by atoms with Crippen LogP contribution in [0.5, 0.6) is 5.75 Å². The number of halogens is 1. The number of hydrogen-bond acceptors (Lipinski definition) is 2. The molecule has 0 saturated carbocycles. The van der Waals surface area contributed by atoms with Crippen LogP contribution >= 0.6 is 0 Å². The molecule has 0 aliphatic carbocycles. The average Bonchev–Trinajstić information content (AvgIpc) is 2.26. The van der Waals surface area contributed by atoms with Crippen LogP contribution in [0, 0.1) is 12.7 Å². The molecule has 0 N–H and O–H groups in total. The van der Waals surface area contributed by atoms with E-state index in [1.807, 2.05) is 0 Å². The van der Waals surface area contributed by atoms with Crippen LogP contribution in [0.4, 0.5) is 4.39 Å². The molecular formula is C12H15FO2. The highest BCUT2D eigenvalue weighted by atomic mass is 19.1. The molecule has 1 aliphatic rings. The van der Waals surface area contributed by atoms with Gasteiger partial charge in [-0.1, -0.05) is 12.1 Å². The molecule has 1 unspecified atom stereocenters. The molecule has 1 heterocycles. The van der Waals surface area contributed by atoms with E-state index in [0.717, 1.165) is 19.4 Å². The fourth-order valence-electron chi connectivity index (χ4n) is 1.70. The van der Waals surface area contributed by atoms with E-state index in [0.29, 0.717) is 17.9 Å². The monoisotopic (exact) mass is 210 g/mol. The third kappa shape index (κ3) is 2.48. The van der Waals surface area contributed by atoms with Crippen LogP contribution < -0.4 is 4.74 Å². The summed E-state index contributed by atoms with van der Waals surface area (Å²) >= 11 is 0. The SMILES string of the molecule is Cc1cccc(OC2CCCOC2)c1F. The second-order valence-electron chi connectivity index (χ2n) is 3.84. The van der Waals surface area contributed by atoms with E-state index in [-0.39, 0.29) is 11.9 Å². The second kappa shape index (κ2) is 4.62. The predicted octanol–water partition coefficient (Wildman–Crippen LogP) is 2.69. The van der Waals surface area contributed by atoms with Crippen LogP contribution in [0.1, 0.15) is 18.4 Å². The maximum absolute atomic E-state index is 13.6. The molecule has 2 rings (SSSR count). The van der Waals surface area contributed by atoms with Crippen molar-refractivity contribution in [3.05, 3.63) is 29.6 Å². The summed E-state index contributed by atoms with van der Waals surface area (Å²) in [7, 11) is 0. The van der Waals surface area contributed by atoms with Gasteiger partial charge in [-0.05, 0) is 31.4 Å². The van der Waals surface area contributed by atoms with Gasteiger partial charge in [-0.3, -0.25) is 0 Å². The van der Waals surface area contributed by atoms with E-state index in [4.69, 9.17) is 9.47 Å². The molecule has 1 aromatic rings. The summed E-state index contributed by atoms with van der Waals surface area (Å²) in [5.74, 6) is 0.0774. The minimum Gasteiger partial charge on any atom is -0.485 e. The molecule has 0 spiro atoms. The number of hydrogen-bond donors (Lipinski definition) is 0. The zero-order valence-electron chi connectivity index (χ0n) is 8.83. The lowest BCUT2D eigenvalue weighted by atomic mass is 10.1. The van der Waals surface area contributed by atoms with Crippen molar-refractivity contribution >= 4 is 0 Å². The Hall–Kier alpha value is -1.09. The maximum atomic E-state index is 13.6. The maximum Gasteiger partial charge on any atom is 0.167 e. The third-order valence-electron chi connectivity index (χ3n) is 2.57. The van der Waals surface area contributed by atoms with E-state index in [1.54, 1.807) is 25.1 Å². The van der Waals surface area contributed by atoms with Gasteiger partial charge in [0.25, 0.3) is 0 Å². The first-order valence-corrected chi connectivity index (χ1v) is 5.27. The molecular weight excluding hydrogens is 195 g/mol. The van der Waals surface area contributed by atoms with E-state index in [2.05, 4.69) is 0 Å². The Morgan fingerprint density at radius 2 is 2.33 bits per heavy atom. The van der Waals surface area contributed by atoms with Crippen molar-refractivity contribution in [1.29, 1.82) is 0 Å². The smallest absolute Gasteiger partial charge is 0.167 e. The molecule has 2 nitrogen and oxygen atoms in total. The molecule has 0 radical (unpaired) electrons. The third-order valence-corrected chi connectivity index (χ3v) is 2.57. The van der Waals surface area contributed by atoms with Crippen LogP contribution in [0.3, 0.4) is 0 Å². The second-order valence-corrected chi connectivity index (χ2v) is 3.84. The molecule has 0 bridgehead atoms. The van der Waals surface area contributed by atoms with Crippen molar-refractivity contribution in [2.24, 2.45) is 0 Å². The molecule has 0 aromatic heterocycles. The Bertz CT molecular complexity index is 332. The van der Waals surface area contributed by atoms with Gasteiger partial charge in [-0.2, -0.15) is 0 Å². The van der Waals surface area contributed by atoms with Crippen LogP contribution in [-0.2, 0) is 4.74 Å². The van der Waals surface area contributed by atoms with Crippen molar-refractivity contribution in [3.63, 3.8) is 0 Å². The number of ether oxygens (including phenoxy) is 2. The Kier molecular flexibility index (Phi) is 3.21. The largest absolute Gasteiger partial charge is 0.485 e. The summed E-state index contributed by atoms with van der Waals surface area (Å²) in [6, 6.07) is 5.20. The highest BCUT2D eigenvalue weighted by Crippen LogP contribution is 2.22. The zero-order chi connectivity index (χ0) is 10.7. The average molecular weight is 210 g/mol. The Labute approximate surface area is 89.0 Å². The van der Waals surface area contributed by atoms with Crippen LogP contribution in [0.25, 0.3) is 0 Å². The normalized spacial score (nSPS) is 21.3. The topological polar surface area (TPSA) is 18.5 Å². The van der Waals surface area contributed by atoms with Crippen LogP contribution in [-0.4, -0.2) is 19.3 Å². The van der Waals surface area contributed by atoms with Gasteiger partial charge in [0.05, 0.1) is 6.61 Å². The van der Waals surface area contributed by atoms with Crippen LogP contribution in [0.15, 0.2) is 18.2 Å². The van der Waals surface area contributed by atoms with Gasteiger partial charge in [-0.25, -0.2) is 4.39 Å². The van der Waals surface area contributed by atoms with Gasteiger partial charge in [0.1, 0.15) is 6.10 Å². The molecule has 1 aliphatic heterocycles. The summed E-state index contributed by atoms with van der Waals surface area (Å²) in [5, 5.41) is 0. The number of benzene rings is 1. The van der Waals surface area contributed by atoms with Gasteiger partial charge < -0.3 is 9.47 Å². The summed E-state index contributed by atoms with van der Waals surface area (Å²) in [5.41, 5.74) is 0.615. The van der Waals surface area contributed by atoms with E-state index < -0.39 is 0 Å². The minimum absolute atomic E-state index is 0.00458. The number of aryl methyl sites for hydroxylation is 1. The Balaban J connectivity index is 2.06. The van der Waals surface area contributed by atoms with E-state index >= 15 is 0 Å². The molecule has 1 fully saturated rings. The lowest BCUT2D eigenvalue weighted by molar-refractivity contribution is 0.00583. The lowest BCUT2D eigenvalue weighted by Crippen LogP contribution is -2.28. The first-order valence-electron chi connectivity index (χ1n) is 5.27. The van der Waals surface area contributed by atoms with Gasteiger partial charge in [-0.15, -0.1) is 0 Å². The zero-order valence-corrected chi connectivity index (χ0v) is 8.83. The van der Waals surface area contributed by atoms with Crippen molar-refractivity contribution in [3.8, 4) is 5.75 Å². The van der Waals surface area contributed by atoms with E-state index in [9.17, 15) is 4.39 Å². The van der Waals surface area contributed by atoms with Crippen molar-refractivity contribution < 1.29 is 13.9 Å². The first kappa shape index (κ1) is 10.4.